The average molecular weight is 382 g/mol. The topological polar surface area (TPSA) is 137 Å². The molecule has 3 heterocycles. The van der Waals surface area contributed by atoms with Crippen molar-refractivity contribution in [2.24, 2.45) is 5.92 Å². The fraction of sp³-hybridized carbons (Fsp3) is 0.625. The number of aromatic nitrogens is 4. The minimum Gasteiger partial charge on any atom is -0.463 e. The number of alkyl halides is 1. The van der Waals surface area contributed by atoms with E-state index < -0.39 is 30.1 Å². The molecule has 148 valence electrons. The maximum absolute atomic E-state index is 15.3. The van der Waals surface area contributed by atoms with Crippen molar-refractivity contribution in [1.82, 2.24) is 19.5 Å². The number of aliphatic hydroxyl groups excluding tert-OH is 1. The molecule has 0 amide bonds. The number of imidazole rings is 1. The summed E-state index contributed by atoms with van der Waals surface area (Å²) < 4.78 is 27.4. The highest BCUT2D eigenvalue weighted by Crippen LogP contribution is 2.42. The molecule has 0 aliphatic carbocycles. The molecule has 27 heavy (non-hydrogen) atoms. The van der Waals surface area contributed by atoms with Gasteiger partial charge in [-0.1, -0.05) is 13.8 Å². The summed E-state index contributed by atoms with van der Waals surface area (Å²) in [6, 6.07) is 0. The average Bonchev–Trinajstić information content (AvgIpc) is 3.11. The zero-order valence-electron chi connectivity index (χ0n) is 15.5. The number of hydrogen-bond donors (Lipinski definition) is 3. The number of hydrogen-bond acceptors (Lipinski definition) is 9. The minimum atomic E-state index is -2.18. The van der Waals surface area contributed by atoms with Gasteiger partial charge in [0.25, 0.3) is 0 Å². The van der Waals surface area contributed by atoms with E-state index in [1.54, 1.807) is 20.9 Å². The van der Waals surface area contributed by atoms with Gasteiger partial charge < -0.3 is 25.6 Å². The van der Waals surface area contributed by atoms with E-state index >= 15 is 4.39 Å². The number of rotatable bonds is 5. The predicted molar refractivity (Wildman–Crippen MR) is 94.5 cm³/mol. The van der Waals surface area contributed by atoms with Gasteiger partial charge in [0.1, 0.15) is 18.8 Å². The Morgan fingerprint density at radius 2 is 2.26 bits per heavy atom. The molecule has 2 aromatic rings. The van der Waals surface area contributed by atoms with E-state index in [4.69, 9.17) is 15.2 Å². The van der Waals surface area contributed by atoms with E-state index in [1.165, 1.54) is 17.8 Å². The molecule has 0 radical (unpaired) electrons. The Kier molecular flexibility index (Phi) is 4.91. The zero-order chi connectivity index (χ0) is 19.9. The lowest BCUT2D eigenvalue weighted by Crippen LogP contribution is -2.41. The summed E-state index contributed by atoms with van der Waals surface area (Å²) >= 11 is 0. The molecule has 1 saturated heterocycles. The third-order valence-corrected chi connectivity index (χ3v) is 4.51. The molecule has 10 nitrogen and oxygen atoms in total. The van der Waals surface area contributed by atoms with Crippen LogP contribution < -0.4 is 11.1 Å². The molecule has 4 N–H and O–H groups in total. The van der Waals surface area contributed by atoms with Crippen LogP contribution in [0, 0.1) is 5.92 Å². The Hall–Kier alpha value is -2.53. The highest BCUT2D eigenvalue weighted by Gasteiger charge is 2.55. The first-order valence-electron chi connectivity index (χ1n) is 8.53. The summed E-state index contributed by atoms with van der Waals surface area (Å²) in [4.78, 5) is 24.0. The van der Waals surface area contributed by atoms with Gasteiger partial charge in [0.15, 0.2) is 28.9 Å². The van der Waals surface area contributed by atoms with Crippen LogP contribution in [0.3, 0.4) is 0 Å². The van der Waals surface area contributed by atoms with Crippen LogP contribution in [0.25, 0.3) is 11.2 Å². The number of nitrogens with zero attached hydrogens (tertiary/aromatic N) is 4. The van der Waals surface area contributed by atoms with Gasteiger partial charge in [-0.3, -0.25) is 9.36 Å². The van der Waals surface area contributed by atoms with E-state index in [9.17, 15) is 9.90 Å². The molecule has 3 rings (SSSR count). The number of carbonyl (C=O) groups is 1. The lowest BCUT2D eigenvalue weighted by molar-refractivity contribution is -0.153. The monoisotopic (exact) mass is 382 g/mol. The van der Waals surface area contributed by atoms with Gasteiger partial charge in [0.05, 0.1) is 12.2 Å². The van der Waals surface area contributed by atoms with Crippen molar-refractivity contribution in [3.8, 4) is 0 Å². The number of nitrogen functional groups attached to an aromatic ring is 1. The van der Waals surface area contributed by atoms with Crippen molar-refractivity contribution in [1.29, 1.82) is 0 Å². The van der Waals surface area contributed by atoms with E-state index in [0.29, 0.717) is 11.3 Å². The maximum Gasteiger partial charge on any atom is 0.308 e. The van der Waals surface area contributed by atoms with Crippen LogP contribution in [-0.4, -0.2) is 62.1 Å². The molecule has 0 aromatic carbocycles. The molecule has 0 saturated carbocycles. The molecule has 1 aliphatic rings. The third kappa shape index (κ3) is 3.28. The van der Waals surface area contributed by atoms with Crippen LogP contribution in [-0.2, 0) is 14.3 Å². The summed E-state index contributed by atoms with van der Waals surface area (Å²) in [6.07, 6.45) is -2.44. The van der Waals surface area contributed by atoms with Crippen LogP contribution in [0.15, 0.2) is 6.33 Å². The quantitative estimate of drug-likeness (QED) is 0.636. The zero-order valence-corrected chi connectivity index (χ0v) is 15.5. The number of fused-ring (bicyclic) bond motifs is 1. The van der Waals surface area contributed by atoms with Gasteiger partial charge in [0, 0.05) is 7.05 Å². The van der Waals surface area contributed by atoms with Gasteiger partial charge in [-0.25, -0.2) is 9.37 Å². The van der Waals surface area contributed by atoms with Crippen LogP contribution >= 0.6 is 0 Å². The number of esters is 1. The second-order valence-corrected chi connectivity index (χ2v) is 6.91. The summed E-state index contributed by atoms with van der Waals surface area (Å²) in [5, 5.41) is 13.2. The Morgan fingerprint density at radius 1 is 1.56 bits per heavy atom. The lowest BCUT2D eigenvalue weighted by Gasteiger charge is -2.24. The smallest absolute Gasteiger partial charge is 0.308 e. The molecule has 0 bridgehead atoms. The van der Waals surface area contributed by atoms with Crippen molar-refractivity contribution in [2.75, 3.05) is 24.7 Å². The van der Waals surface area contributed by atoms with Crippen molar-refractivity contribution in [2.45, 2.75) is 44.9 Å². The molecule has 0 unspecified atom stereocenters. The molecular formula is C16H23FN6O4. The molecular weight excluding hydrogens is 359 g/mol. The first-order valence-corrected chi connectivity index (χ1v) is 8.53. The Labute approximate surface area is 154 Å². The number of halogens is 1. The summed E-state index contributed by atoms with van der Waals surface area (Å²) in [5.74, 6) is -0.428. The SMILES string of the molecule is CNc1nc(N)nc2c1ncn2[C@@H]1O[C@H](COC(=O)C(C)C)[C@@H](O)[C@@]1(C)F. The second kappa shape index (κ2) is 6.89. The largest absolute Gasteiger partial charge is 0.463 e. The van der Waals surface area contributed by atoms with E-state index in [2.05, 4.69) is 20.3 Å². The number of carbonyl (C=O) groups excluding carboxylic acids is 1. The molecule has 11 heteroatoms. The van der Waals surface area contributed by atoms with Gasteiger partial charge in [-0.05, 0) is 6.92 Å². The first kappa shape index (κ1) is 19.2. The molecule has 4 atom stereocenters. The normalized spacial score (nSPS) is 28.0. The van der Waals surface area contributed by atoms with Crippen molar-refractivity contribution in [3.63, 3.8) is 0 Å². The minimum absolute atomic E-state index is 0.0184. The lowest BCUT2D eigenvalue weighted by atomic mass is 9.98. The first-order chi connectivity index (χ1) is 12.7. The van der Waals surface area contributed by atoms with E-state index in [1.807, 2.05) is 0 Å². The van der Waals surface area contributed by atoms with E-state index in [0.717, 1.165) is 0 Å². The van der Waals surface area contributed by atoms with Crippen LogP contribution in [0.1, 0.15) is 27.0 Å². The Balaban J connectivity index is 1.91. The summed E-state index contributed by atoms with van der Waals surface area (Å²) in [7, 11) is 1.65. The number of ether oxygens (including phenoxy) is 2. The fourth-order valence-corrected chi connectivity index (χ4v) is 2.96. The second-order valence-electron chi connectivity index (χ2n) is 6.91. The van der Waals surface area contributed by atoms with Gasteiger partial charge in [-0.15, -0.1) is 0 Å². The maximum atomic E-state index is 15.3. The van der Waals surface area contributed by atoms with Crippen LogP contribution in [0.4, 0.5) is 16.2 Å². The number of anilines is 2. The molecule has 1 fully saturated rings. The van der Waals surface area contributed by atoms with Crippen molar-refractivity contribution < 1.29 is 23.8 Å². The number of nitrogens with two attached hydrogens (primary N) is 1. The highest BCUT2D eigenvalue weighted by atomic mass is 19.1. The molecule has 1 aliphatic heterocycles. The Morgan fingerprint density at radius 3 is 2.89 bits per heavy atom. The van der Waals surface area contributed by atoms with E-state index in [-0.39, 0.29) is 24.1 Å². The van der Waals surface area contributed by atoms with Crippen molar-refractivity contribution in [3.05, 3.63) is 6.33 Å². The van der Waals surface area contributed by atoms with Crippen LogP contribution in [0.2, 0.25) is 0 Å². The molecule has 0 spiro atoms. The molecule has 2 aromatic heterocycles. The Bertz CT molecular complexity index is 855. The van der Waals surface area contributed by atoms with Crippen molar-refractivity contribution >= 4 is 28.9 Å². The van der Waals surface area contributed by atoms with Crippen LogP contribution in [0.5, 0.6) is 0 Å². The fourth-order valence-electron chi connectivity index (χ4n) is 2.96. The number of aliphatic hydroxyl groups is 1. The summed E-state index contributed by atoms with van der Waals surface area (Å²) in [5.41, 5.74) is 4.18. The standard InChI is InChI=1S/C16H23FN6O4/c1-7(2)13(25)26-5-8-10(24)16(3,17)14(27-8)23-6-20-9-11(19-4)21-15(18)22-12(9)23/h6-8,10,14,24H,5H2,1-4H3,(H3,18,19,21,22)/t8-,10-,14-,16-/m1/s1. The third-order valence-electron chi connectivity index (χ3n) is 4.51. The van der Waals surface area contributed by atoms with Gasteiger partial charge in [0.2, 0.25) is 5.95 Å². The highest BCUT2D eigenvalue weighted by molar-refractivity contribution is 5.84. The summed E-state index contributed by atoms with van der Waals surface area (Å²) in [6.45, 7) is 4.30. The van der Waals surface area contributed by atoms with Gasteiger partial charge in [-0.2, -0.15) is 9.97 Å². The van der Waals surface area contributed by atoms with Gasteiger partial charge >= 0.3 is 5.97 Å². The predicted octanol–water partition coefficient (Wildman–Crippen LogP) is 0.636. The number of nitrogens with one attached hydrogen (secondary N) is 1.